The van der Waals surface area contributed by atoms with Crippen molar-refractivity contribution in [2.75, 3.05) is 0 Å². The maximum Gasteiger partial charge on any atom is 0.124 e. The van der Waals surface area contributed by atoms with Gasteiger partial charge in [-0.15, -0.1) is 0 Å². The summed E-state index contributed by atoms with van der Waals surface area (Å²) in [7, 11) is 0. The van der Waals surface area contributed by atoms with Crippen LogP contribution in [-0.2, 0) is 0 Å². The van der Waals surface area contributed by atoms with Crippen molar-refractivity contribution >= 4 is 15.9 Å². The number of halogens is 1. The van der Waals surface area contributed by atoms with E-state index in [-0.39, 0.29) is 0 Å². The van der Waals surface area contributed by atoms with Crippen molar-refractivity contribution in [3.05, 3.63) is 27.5 Å². The van der Waals surface area contributed by atoms with Crippen LogP contribution in [0, 0.1) is 29.6 Å². The zero-order valence-corrected chi connectivity index (χ0v) is 7.88. The maximum absolute atomic E-state index is 8.61. The smallest absolute Gasteiger partial charge is 0.124 e. The molecule has 12 heavy (non-hydrogen) atoms. The lowest BCUT2D eigenvalue weighted by Gasteiger charge is -1.98. The first kappa shape index (κ1) is 8.70. The molecule has 0 saturated carbocycles. The summed E-state index contributed by atoms with van der Waals surface area (Å²) in [5.74, 6) is 0. The van der Waals surface area contributed by atoms with Crippen LogP contribution in [0.1, 0.15) is 16.8 Å². The van der Waals surface area contributed by atoms with Crippen LogP contribution in [0.15, 0.2) is 10.7 Å². The lowest BCUT2D eigenvalue weighted by atomic mass is 10.2. The standard InChI is InChI=1S/C8H4BrN3/c1-5-6(3-10)2-7(4-11)8(9)12-5/h2H,1H3. The average Bonchev–Trinajstić information content (AvgIpc) is 2.05. The van der Waals surface area contributed by atoms with E-state index in [0.29, 0.717) is 21.4 Å². The summed E-state index contributed by atoms with van der Waals surface area (Å²) in [6.07, 6.45) is 0. The third-order valence-electron chi connectivity index (χ3n) is 1.41. The molecule has 0 radical (unpaired) electrons. The number of hydrogen-bond acceptors (Lipinski definition) is 3. The molecule has 0 fully saturated rings. The first-order valence-corrected chi connectivity index (χ1v) is 3.95. The van der Waals surface area contributed by atoms with Gasteiger partial charge in [0, 0.05) is 0 Å². The molecule has 0 aliphatic rings. The Kier molecular flexibility index (Phi) is 2.42. The van der Waals surface area contributed by atoms with Crippen LogP contribution in [0.25, 0.3) is 0 Å². The van der Waals surface area contributed by atoms with Gasteiger partial charge in [0.1, 0.15) is 16.7 Å². The predicted molar refractivity (Wildman–Crippen MR) is 46.1 cm³/mol. The lowest BCUT2D eigenvalue weighted by molar-refractivity contribution is 1.14. The van der Waals surface area contributed by atoms with Crippen molar-refractivity contribution in [2.45, 2.75) is 6.92 Å². The number of nitrogens with zero attached hydrogens (tertiary/aromatic N) is 3. The summed E-state index contributed by atoms with van der Waals surface area (Å²) >= 11 is 3.13. The summed E-state index contributed by atoms with van der Waals surface area (Å²) in [4.78, 5) is 3.99. The summed E-state index contributed by atoms with van der Waals surface area (Å²) in [5.41, 5.74) is 1.45. The van der Waals surface area contributed by atoms with Crippen LogP contribution in [0.2, 0.25) is 0 Å². The van der Waals surface area contributed by atoms with Crippen LogP contribution in [-0.4, -0.2) is 4.98 Å². The van der Waals surface area contributed by atoms with Gasteiger partial charge in [-0.1, -0.05) is 0 Å². The third kappa shape index (κ3) is 1.44. The fourth-order valence-electron chi connectivity index (χ4n) is 0.768. The molecular weight excluding hydrogens is 218 g/mol. The molecule has 4 heteroatoms. The zero-order chi connectivity index (χ0) is 9.14. The normalized spacial score (nSPS) is 8.67. The number of pyridine rings is 1. The Balaban J connectivity index is 3.42. The SMILES string of the molecule is Cc1nc(Br)c(C#N)cc1C#N. The molecule has 0 aliphatic heterocycles. The second kappa shape index (κ2) is 3.34. The molecule has 0 aromatic carbocycles. The van der Waals surface area contributed by atoms with Crippen molar-refractivity contribution < 1.29 is 0 Å². The summed E-state index contributed by atoms with van der Waals surface area (Å²) in [6, 6.07) is 5.42. The van der Waals surface area contributed by atoms with Crippen molar-refractivity contribution in [3.63, 3.8) is 0 Å². The second-order valence-electron chi connectivity index (χ2n) is 2.18. The first-order chi connectivity index (χ1) is 5.69. The highest BCUT2D eigenvalue weighted by atomic mass is 79.9. The molecule has 3 nitrogen and oxygen atoms in total. The number of aromatic nitrogens is 1. The molecule has 1 rings (SSSR count). The average molecular weight is 222 g/mol. The minimum Gasteiger partial charge on any atom is -0.243 e. The Hall–Kier alpha value is -1.39. The second-order valence-corrected chi connectivity index (χ2v) is 2.93. The van der Waals surface area contributed by atoms with Gasteiger partial charge in [-0.25, -0.2) is 4.98 Å². The van der Waals surface area contributed by atoms with E-state index < -0.39 is 0 Å². The quantitative estimate of drug-likeness (QED) is 0.629. The Morgan fingerprint density at radius 1 is 1.33 bits per heavy atom. The van der Waals surface area contributed by atoms with Gasteiger partial charge in [-0.2, -0.15) is 10.5 Å². The highest BCUT2D eigenvalue weighted by Gasteiger charge is 2.05. The molecule has 0 saturated heterocycles. The molecule has 0 N–H and O–H groups in total. The van der Waals surface area contributed by atoms with Crippen molar-refractivity contribution in [1.82, 2.24) is 4.98 Å². The monoisotopic (exact) mass is 221 g/mol. The highest BCUT2D eigenvalue weighted by Crippen LogP contribution is 2.16. The van der Waals surface area contributed by atoms with Crippen LogP contribution >= 0.6 is 15.9 Å². The number of nitriles is 2. The fourth-order valence-corrected chi connectivity index (χ4v) is 1.24. The van der Waals surface area contributed by atoms with E-state index in [1.807, 2.05) is 12.1 Å². The first-order valence-electron chi connectivity index (χ1n) is 3.16. The minimum atomic E-state index is 0.386. The van der Waals surface area contributed by atoms with Gasteiger partial charge < -0.3 is 0 Å². The molecule has 0 atom stereocenters. The maximum atomic E-state index is 8.61. The number of aryl methyl sites for hydroxylation is 1. The Bertz CT molecular complexity index is 363. The summed E-state index contributed by atoms with van der Waals surface area (Å²) < 4.78 is 0.488. The van der Waals surface area contributed by atoms with Gasteiger partial charge in [0.25, 0.3) is 0 Å². The van der Waals surface area contributed by atoms with Crippen molar-refractivity contribution in [2.24, 2.45) is 0 Å². The summed E-state index contributed by atoms with van der Waals surface area (Å²) in [5, 5.41) is 17.2. The van der Waals surface area contributed by atoms with E-state index in [1.54, 1.807) is 6.92 Å². The highest BCUT2D eigenvalue weighted by molar-refractivity contribution is 9.10. The lowest BCUT2D eigenvalue weighted by Crippen LogP contribution is -1.91. The van der Waals surface area contributed by atoms with E-state index in [4.69, 9.17) is 10.5 Å². The Labute approximate surface area is 78.4 Å². The van der Waals surface area contributed by atoms with E-state index in [9.17, 15) is 0 Å². The van der Waals surface area contributed by atoms with Crippen LogP contribution in [0.3, 0.4) is 0 Å². The van der Waals surface area contributed by atoms with Crippen molar-refractivity contribution in [3.8, 4) is 12.1 Å². The van der Waals surface area contributed by atoms with Gasteiger partial charge in [-0.05, 0) is 28.9 Å². The molecule has 0 amide bonds. The molecule has 1 aromatic heterocycles. The van der Waals surface area contributed by atoms with Gasteiger partial charge in [0.2, 0.25) is 0 Å². The van der Waals surface area contributed by atoms with Gasteiger partial charge >= 0.3 is 0 Å². The van der Waals surface area contributed by atoms with Gasteiger partial charge in [0.15, 0.2) is 0 Å². The Morgan fingerprint density at radius 3 is 2.42 bits per heavy atom. The number of rotatable bonds is 0. The van der Waals surface area contributed by atoms with Crippen molar-refractivity contribution in [1.29, 1.82) is 10.5 Å². The third-order valence-corrected chi connectivity index (χ3v) is 2.01. The number of hydrogen-bond donors (Lipinski definition) is 0. The van der Waals surface area contributed by atoms with Crippen LogP contribution < -0.4 is 0 Å². The Morgan fingerprint density at radius 2 is 1.92 bits per heavy atom. The zero-order valence-electron chi connectivity index (χ0n) is 6.30. The van der Waals surface area contributed by atoms with E-state index in [2.05, 4.69) is 20.9 Å². The van der Waals surface area contributed by atoms with Crippen LogP contribution in [0.5, 0.6) is 0 Å². The van der Waals surface area contributed by atoms with Gasteiger partial charge in [0.05, 0.1) is 16.8 Å². The van der Waals surface area contributed by atoms with E-state index >= 15 is 0 Å². The van der Waals surface area contributed by atoms with E-state index in [0.717, 1.165) is 0 Å². The molecule has 0 unspecified atom stereocenters. The molecule has 58 valence electrons. The molecule has 0 bridgehead atoms. The molecule has 0 spiro atoms. The minimum absolute atomic E-state index is 0.386. The molecule has 1 aromatic rings. The fraction of sp³-hybridized carbons (Fsp3) is 0.125. The van der Waals surface area contributed by atoms with Crippen LogP contribution in [0.4, 0.5) is 0 Å². The van der Waals surface area contributed by atoms with Gasteiger partial charge in [-0.3, -0.25) is 0 Å². The van der Waals surface area contributed by atoms with E-state index in [1.165, 1.54) is 6.07 Å². The predicted octanol–water partition coefficient (Wildman–Crippen LogP) is 1.90. The molecule has 1 heterocycles. The largest absolute Gasteiger partial charge is 0.243 e. The summed E-state index contributed by atoms with van der Waals surface area (Å²) in [6.45, 7) is 1.73. The molecule has 0 aliphatic carbocycles. The topological polar surface area (TPSA) is 60.5 Å². The molecular formula is C8H4BrN3.